The minimum atomic E-state index is -3.69. The van der Waals surface area contributed by atoms with Gasteiger partial charge in [-0.2, -0.15) is 9.29 Å². The molecule has 0 saturated heterocycles. The molecule has 142 valence electrons. The van der Waals surface area contributed by atoms with Gasteiger partial charge >= 0.3 is 0 Å². The molecular formula is C21H19N3O3S. The summed E-state index contributed by atoms with van der Waals surface area (Å²) in [5.74, 6) is 0.694. The molecule has 28 heavy (non-hydrogen) atoms. The Morgan fingerprint density at radius 3 is 2.39 bits per heavy atom. The van der Waals surface area contributed by atoms with E-state index in [0.717, 1.165) is 16.3 Å². The Balaban J connectivity index is 1.61. The fourth-order valence-electron chi connectivity index (χ4n) is 3.02. The summed E-state index contributed by atoms with van der Waals surface area (Å²) in [6, 6.07) is 22.2. The molecule has 3 aromatic carbocycles. The second kappa shape index (κ2) is 7.53. The van der Waals surface area contributed by atoms with Gasteiger partial charge in [0.15, 0.2) is 0 Å². The van der Waals surface area contributed by atoms with Crippen LogP contribution in [0.2, 0.25) is 0 Å². The molecule has 7 heteroatoms. The molecule has 0 atom stereocenters. The van der Waals surface area contributed by atoms with Crippen molar-refractivity contribution in [3.63, 3.8) is 0 Å². The molecule has 4 aromatic rings. The van der Waals surface area contributed by atoms with Crippen LogP contribution in [0.15, 0.2) is 82.2 Å². The first-order chi connectivity index (χ1) is 13.6. The van der Waals surface area contributed by atoms with Crippen LogP contribution in [0.25, 0.3) is 22.2 Å². The van der Waals surface area contributed by atoms with Crippen LogP contribution in [0.5, 0.6) is 0 Å². The van der Waals surface area contributed by atoms with E-state index < -0.39 is 10.0 Å². The normalized spacial score (nSPS) is 11.9. The van der Waals surface area contributed by atoms with Gasteiger partial charge in [-0.15, -0.1) is 0 Å². The molecule has 0 aliphatic carbocycles. The summed E-state index contributed by atoms with van der Waals surface area (Å²) in [5.41, 5.74) is 0.818. The van der Waals surface area contributed by atoms with Gasteiger partial charge in [0.25, 0.3) is 0 Å². The lowest BCUT2D eigenvalue weighted by Crippen LogP contribution is -2.30. The van der Waals surface area contributed by atoms with Gasteiger partial charge in [0.1, 0.15) is 0 Å². The maximum absolute atomic E-state index is 13.1. The average molecular weight is 393 g/mol. The molecule has 0 saturated carbocycles. The first-order valence-corrected chi connectivity index (χ1v) is 10.4. The van der Waals surface area contributed by atoms with Gasteiger partial charge in [-0.25, -0.2) is 8.42 Å². The van der Waals surface area contributed by atoms with Crippen molar-refractivity contribution in [2.45, 2.75) is 18.4 Å². The van der Waals surface area contributed by atoms with Crippen molar-refractivity contribution in [2.24, 2.45) is 0 Å². The Hall–Kier alpha value is -3.03. The molecule has 6 nitrogen and oxygen atoms in total. The van der Waals surface area contributed by atoms with E-state index in [-0.39, 0.29) is 23.9 Å². The molecule has 1 aromatic heterocycles. The average Bonchev–Trinajstić information content (AvgIpc) is 3.21. The zero-order valence-corrected chi connectivity index (χ0v) is 16.1. The van der Waals surface area contributed by atoms with Crippen LogP contribution in [-0.4, -0.2) is 29.4 Å². The molecule has 0 N–H and O–H groups in total. The molecule has 0 amide bonds. The Morgan fingerprint density at radius 1 is 0.929 bits per heavy atom. The molecule has 0 radical (unpaired) electrons. The van der Waals surface area contributed by atoms with Gasteiger partial charge in [0.05, 0.1) is 11.4 Å². The number of benzene rings is 3. The summed E-state index contributed by atoms with van der Waals surface area (Å²) in [4.78, 5) is 4.59. The van der Waals surface area contributed by atoms with Gasteiger partial charge < -0.3 is 4.52 Å². The third-order valence-electron chi connectivity index (χ3n) is 4.52. The minimum absolute atomic E-state index is 0.0193. The van der Waals surface area contributed by atoms with E-state index in [1.807, 2.05) is 60.7 Å². The first-order valence-electron chi connectivity index (χ1n) is 8.95. The Kier molecular flexibility index (Phi) is 4.93. The fourth-order valence-corrected chi connectivity index (χ4v) is 4.45. The lowest BCUT2D eigenvalue weighted by molar-refractivity contribution is 0.321. The van der Waals surface area contributed by atoms with Crippen LogP contribution >= 0.6 is 0 Å². The summed E-state index contributed by atoms with van der Waals surface area (Å²) in [6.45, 7) is 2.09. The van der Waals surface area contributed by atoms with Gasteiger partial charge in [-0.1, -0.05) is 72.7 Å². The molecule has 0 aliphatic rings. The fraction of sp³-hybridized carbons (Fsp3) is 0.143. The molecular weight excluding hydrogens is 374 g/mol. The summed E-state index contributed by atoms with van der Waals surface area (Å²) >= 11 is 0. The van der Waals surface area contributed by atoms with Crippen LogP contribution in [0, 0.1) is 0 Å². The van der Waals surface area contributed by atoms with E-state index in [1.54, 1.807) is 19.1 Å². The van der Waals surface area contributed by atoms with Gasteiger partial charge in [0, 0.05) is 12.1 Å². The highest BCUT2D eigenvalue weighted by Gasteiger charge is 2.25. The van der Waals surface area contributed by atoms with Crippen LogP contribution in [0.4, 0.5) is 0 Å². The van der Waals surface area contributed by atoms with Crippen molar-refractivity contribution in [3.8, 4) is 11.4 Å². The quantitative estimate of drug-likeness (QED) is 0.493. The highest BCUT2D eigenvalue weighted by Crippen LogP contribution is 2.23. The van der Waals surface area contributed by atoms with E-state index in [2.05, 4.69) is 10.1 Å². The summed E-state index contributed by atoms with van der Waals surface area (Å²) < 4.78 is 32.9. The second-order valence-corrected chi connectivity index (χ2v) is 8.26. The molecule has 0 aliphatic heterocycles. The van der Waals surface area contributed by atoms with E-state index in [9.17, 15) is 8.42 Å². The van der Waals surface area contributed by atoms with Crippen LogP contribution in [0.1, 0.15) is 12.8 Å². The molecule has 0 spiro atoms. The van der Waals surface area contributed by atoms with Crippen molar-refractivity contribution < 1.29 is 12.9 Å². The minimum Gasteiger partial charge on any atom is -0.338 e. The third kappa shape index (κ3) is 3.54. The summed E-state index contributed by atoms with van der Waals surface area (Å²) in [7, 11) is -3.69. The van der Waals surface area contributed by atoms with Gasteiger partial charge in [-0.3, -0.25) is 0 Å². The van der Waals surface area contributed by atoms with Crippen molar-refractivity contribution >= 4 is 20.8 Å². The van der Waals surface area contributed by atoms with E-state index >= 15 is 0 Å². The highest BCUT2D eigenvalue weighted by atomic mass is 32.2. The smallest absolute Gasteiger partial charge is 0.243 e. The number of aromatic nitrogens is 2. The number of hydrogen-bond acceptors (Lipinski definition) is 5. The number of rotatable bonds is 6. The monoisotopic (exact) mass is 393 g/mol. The molecule has 0 bridgehead atoms. The predicted molar refractivity (Wildman–Crippen MR) is 107 cm³/mol. The zero-order valence-electron chi connectivity index (χ0n) is 15.3. The van der Waals surface area contributed by atoms with E-state index in [4.69, 9.17) is 4.52 Å². The number of fused-ring (bicyclic) bond motifs is 1. The lowest BCUT2D eigenvalue weighted by Gasteiger charge is -2.18. The summed E-state index contributed by atoms with van der Waals surface area (Å²) in [5, 5.41) is 5.83. The topological polar surface area (TPSA) is 76.3 Å². The van der Waals surface area contributed by atoms with Crippen molar-refractivity contribution in [1.29, 1.82) is 0 Å². The highest BCUT2D eigenvalue weighted by molar-refractivity contribution is 7.89. The van der Waals surface area contributed by atoms with Crippen LogP contribution in [0.3, 0.4) is 0 Å². The Bertz CT molecular complexity index is 1200. The van der Waals surface area contributed by atoms with E-state index in [1.165, 1.54) is 4.31 Å². The van der Waals surface area contributed by atoms with E-state index in [0.29, 0.717) is 5.82 Å². The Morgan fingerprint density at radius 2 is 1.64 bits per heavy atom. The van der Waals surface area contributed by atoms with Crippen molar-refractivity contribution in [2.75, 3.05) is 6.54 Å². The largest absolute Gasteiger partial charge is 0.338 e. The first kappa shape index (κ1) is 18.3. The SMILES string of the molecule is CCN(Cc1nc(-c2ccccc2)no1)S(=O)(=O)c1ccc2ccccc2c1. The maximum Gasteiger partial charge on any atom is 0.243 e. The second-order valence-electron chi connectivity index (χ2n) is 6.32. The number of nitrogens with zero attached hydrogens (tertiary/aromatic N) is 3. The van der Waals surface area contributed by atoms with Crippen molar-refractivity contribution in [3.05, 3.63) is 78.7 Å². The standard InChI is InChI=1S/C21H19N3O3S/c1-2-24(15-20-22-21(23-27-20)17-9-4-3-5-10-17)28(25,26)19-13-12-16-8-6-7-11-18(16)14-19/h3-14H,2,15H2,1H3. The lowest BCUT2D eigenvalue weighted by atomic mass is 10.1. The molecule has 0 unspecified atom stereocenters. The van der Waals surface area contributed by atoms with Crippen molar-refractivity contribution in [1.82, 2.24) is 14.4 Å². The third-order valence-corrected chi connectivity index (χ3v) is 6.44. The van der Waals surface area contributed by atoms with Crippen LogP contribution < -0.4 is 0 Å². The van der Waals surface area contributed by atoms with Gasteiger partial charge in [-0.05, 0) is 22.9 Å². The number of hydrogen-bond donors (Lipinski definition) is 0. The molecule has 0 fully saturated rings. The summed E-state index contributed by atoms with van der Waals surface area (Å²) in [6.07, 6.45) is 0. The zero-order chi connectivity index (χ0) is 19.6. The van der Waals surface area contributed by atoms with Gasteiger partial charge in [0.2, 0.25) is 21.7 Å². The molecule has 4 rings (SSSR count). The molecule has 1 heterocycles. The van der Waals surface area contributed by atoms with Crippen LogP contribution in [-0.2, 0) is 16.6 Å². The predicted octanol–water partition coefficient (Wildman–Crippen LogP) is 4.10. The maximum atomic E-state index is 13.1. The number of sulfonamides is 1. The Labute approximate surface area is 163 Å².